The van der Waals surface area contributed by atoms with Crippen molar-refractivity contribution in [2.24, 2.45) is 0 Å². The third-order valence-electron chi connectivity index (χ3n) is 8.47. The topological polar surface area (TPSA) is 9.23 Å². The second-order valence-electron chi connectivity index (χ2n) is 13.4. The molecular formula is C42H26F10O. The quantitative estimate of drug-likeness (QED) is 0.0973. The summed E-state index contributed by atoms with van der Waals surface area (Å²) in [6.07, 6.45) is -4.69. The Labute approximate surface area is 297 Å². The molecule has 270 valence electrons. The van der Waals surface area contributed by atoms with Crippen LogP contribution in [0.3, 0.4) is 0 Å². The molecule has 0 heterocycles. The fraction of sp³-hybridized carbons (Fsp3) is 0.143. The first-order valence-corrected chi connectivity index (χ1v) is 15.9. The van der Waals surface area contributed by atoms with Gasteiger partial charge in [0.15, 0.2) is 17.5 Å². The van der Waals surface area contributed by atoms with Crippen molar-refractivity contribution in [3.8, 4) is 39.8 Å². The summed E-state index contributed by atoms with van der Waals surface area (Å²) in [7, 11) is 0. The van der Waals surface area contributed by atoms with Crippen molar-refractivity contribution in [2.45, 2.75) is 39.2 Å². The van der Waals surface area contributed by atoms with Gasteiger partial charge < -0.3 is 4.74 Å². The SMILES string of the molecule is Cc1ccc(-c2ccc(-c3cc(F)c(C(F)(F)Oc4cc(F)c(C#Cc5cc(F)c6c(F)c(F)c(F)cc6c5)c(C(C)(C)C)c4)c(F)c3)c(F)c2)cc1. The van der Waals surface area contributed by atoms with E-state index in [1.807, 2.05) is 19.1 Å². The van der Waals surface area contributed by atoms with Gasteiger partial charge in [-0.25, -0.2) is 35.1 Å². The number of hydrogen-bond acceptors (Lipinski definition) is 1. The van der Waals surface area contributed by atoms with E-state index in [-0.39, 0.29) is 33.2 Å². The maximum Gasteiger partial charge on any atom is 0.432 e. The van der Waals surface area contributed by atoms with E-state index in [0.29, 0.717) is 35.4 Å². The Hall–Kier alpha value is -5.76. The van der Waals surface area contributed by atoms with Crippen LogP contribution < -0.4 is 4.74 Å². The highest BCUT2D eigenvalue weighted by atomic mass is 19.3. The summed E-state index contributed by atoms with van der Waals surface area (Å²) in [5.41, 5.74) is -1.78. The molecule has 6 aromatic carbocycles. The summed E-state index contributed by atoms with van der Waals surface area (Å²) in [4.78, 5) is 0. The van der Waals surface area contributed by atoms with Gasteiger partial charge in [-0.1, -0.05) is 74.6 Å². The number of rotatable bonds is 5. The number of benzene rings is 6. The summed E-state index contributed by atoms with van der Waals surface area (Å²) in [5.74, 6) is -7.88. The first-order valence-electron chi connectivity index (χ1n) is 15.9. The number of halogens is 10. The molecule has 11 heteroatoms. The molecular weight excluding hydrogens is 710 g/mol. The predicted molar refractivity (Wildman–Crippen MR) is 181 cm³/mol. The van der Waals surface area contributed by atoms with Crippen LogP contribution in [0.2, 0.25) is 0 Å². The second kappa shape index (κ2) is 13.7. The van der Waals surface area contributed by atoms with Gasteiger partial charge in [-0.15, -0.1) is 0 Å². The second-order valence-corrected chi connectivity index (χ2v) is 13.4. The van der Waals surface area contributed by atoms with E-state index in [1.165, 1.54) is 12.1 Å². The molecule has 0 spiro atoms. The first-order chi connectivity index (χ1) is 24.8. The third-order valence-corrected chi connectivity index (χ3v) is 8.47. The van der Waals surface area contributed by atoms with Crippen molar-refractivity contribution in [2.75, 3.05) is 0 Å². The van der Waals surface area contributed by atoms with Gasteiger partial charge in [-0.3, -0.25) is 0 Å². The van der Waals surface area contributed by atoms with Gasteiger partial charge in [0.05, 0.1) is 10.9 Å². The Morgan fingerprint density at radius 3 is 1.79 bits per heavy atom. The summed E-state index contributed by atoms with van der Waals surface area (Å²) in [6, 6.07) is 16.0. The zero-order chi connectivity index (χ0) is 38.6. The molecule has 0 fully saturated rings. The molecule has 1 nitrogen and oxygen atoms in total. The molecule has 0 N–H and O–H groups in total. The normalized spacial score (nSPS) is 11.8. The maximum absolute atomic E-state index is 15.6. The molecule has 0 saturated carbocycles. The molecule has 0 bridgehead atoms. The third kappa shape index (κ3) is 7.31. The summed E-state index contributed by atoms with van der Waals surface area (Å²) < 4.78 is 153. The molecule has 0 aliphatic heterocycles. The average molecular weight is 737 g/mol. The molecule has 0 amide bonds. The van der Waals surface area contributed by atoms with Crippen molar-refractivity contribution in [1.29, 1.82) is 0 Å². The standard InChI is InChI=1S/C42H26F10O/c1-21-5-8-23(9-6-21)24-10-12-28(31(43)15-24)25-16-34(46)38(35(47)17-25)42(51,52)53-27-19-30(41(2,3)4)29(32(44)20-27)11-7-22-13-26-18-36(48)39(49)40(50)37(26)33(45)14-22/h5-6,8-10,12-20H,1-4H3. The van der Waals surface area contributed by atoms with E-state index in [2.05, 4.69) is 11.8 Å². The molecule has 0 atom stereocenters. The van der Waals surface area contributed by atoms with Crippen LogP contribution in [0.25, 0.3) is 33.0 Å². The van der Waals surface area contributed by atoms with Crippen LogP contribution in [0.15, 0.2) is 84.9 Å². The summed E-state index contributed by atoms with van der Waals surface area (Å²) in [6.45, 7) is 6.62. The highest BCUT2D eigenvalue weighted by molar-refractivity contribution is 5.85. The Morgan fingerprint density at radius 2 is 1.17 bits per heavy atom. The minimum atomic E-state index is -4.69. The van der Waals surface area contributed by atoms with Crippen LogP contribution in [-0.2, 0) is 11.5 Å². The van der Waals surface area contributed by atoms with Crippen molar-refractivity contribution in [3.63, 3.8) is 0 Å². The van der Waals surface area contributed by atoms with E-state index in [4.69, 9.17) is 4.74 Å². The van der Waals surface area contributed by atoms with E-state index >= 15 is 26.3 Å². The number of hydrogen-bond donors (Lipinski definition) is 0. The molecule has 0 aliphatic carbocycles. The molecule has 0 unspecified atom stereocenters. The Bertz CT molecular complexity index is 2460. The fourth-order valence-corrected chi connectivity index (χ4v) is 5.83. The molecule has 6 aromatic rings. The zero-order valence-electron chi connectivity index (χ0n) is 28.3. The van der Waals surface area contributed by atoms with Crippen LogP contribution in [0.1, 0.15) is 48.6 Å². The van der Waals surface area contributed by atoms with E-state index in [9.17, 15) is 17.6 Å². The van der Waals surface area contributed by atoms with Crippen molar-refractivity contribution in [1.82, 2.24) is 0 Å². The average Bonchev–Trinajstić information content (AvgIpc) is 3.05. The van der Waals surface area contributed by atoms with Crippen molar-refractivity contribution in [3.05, 3.63) is 159 Å². The zero-order valence-corrected chi connectivity index (χ0v) is 28.3. The summed E-state index contributed by atoms with van der Waals surface area (Å²) >= 11 is 0. The molecule has 0 saturated heterocycles. The van der Waals surface area contributed by atoms with Crippen molar-refractivity contribution >= 4 is 10.8 Å². The highest BCUT2D eigenvalue weighted by Crippen LogP contribution is 2.40. The van der Waals surface area contributed by atoms with Crippen LogP contribution >= 0.6 is 0 Å². The number of ether oxygens (including phenoxy) is 1. The number of aryl methyl sites for hydroxylation is 1. The van der Waals surface area contributed by atoms with Gasteiger partial charge in [-0.05, 0) is 82.4 Å². The van der Waals surface area contributed by atoms with Crippen LogP contribution in [-0.4, -0.2) is 0 Å². The van der Waals surface area contributed by atoms with Crippen LogP contribution in [0.5, 0.6) is 5.75 Å². The lowest BCUT2D eigenvalue weighted by Gasteiger charge is -2.24. The summed E-state index contributed by atoms with van der Waals surface area (Å²) in [5, 5.41) is -1.18. The van der Waals surface area contributed by atoms with E-state index < -0.39 is 74.8 Å². The van der Waals surface area contributed by atoms with Gasteiger partial charge in [0, 0.05) is 17.2 Å². The van der Waals surface area contributed by atoms with E-state index in [1.54, 1.807) is 32.9 Å². The van der Waals surface area contributed by atoms with Gasteiger partial charge in [-0.2, -0.15) is 8.78 Å². The van der Waals surface area contributed by atoms with Crippen LogP contribution in [0.4, 0.5) is 43.9 Å². The number of fused-ring (bicyclic) bond motifs is 1. The fourth-order valence-electron chi connectivity index (χ4n) is 5.83. The van der Waals surface area contributed by atoms with Gasteiger partial charge in [0.1, 0.15) is 40.4 Å². The van der Waals surface area contributed by atoms with Crippen molar-refractivity contribution < 1.29 is 48.6 Å². The van der Waals surface area contributed by atoms with Gasteiger partial charge in [0.2, 0.25) is 0 Å². The molecule has 0 aliphatic rings. The highest BCUT2D eigenvalue weighted by Gasteiger charge is 2.42. The lowest BCUT2D eigenvalue weighted by molar-refractivity contribution is -0.189. The minimum absolute atomic E-state index is 0.00271. The lowest BCUT2D eigenvalue weighted by Crippen LogP contribution is -2.26. The molecule has 0 aromatic heterocycles. The number of alkyl halides is 2. The molecule has 53 heavy (non-hydrogen) atoms. The monoisotopic (exact) mass is 736 g/mol. The lowest BCUT2D eigenvalue weighted by atomic mass is 9.83. The van der Waals surface area contributed by atoms with E-state index in [0.717, 1.165) is 29.8 Å². The maximum atomic E-state index is 15.6. The minimum Gasteiger partial charge on any atom is -0.429 e. The molecule has 0 radical (unpaired) electrons. The Morgan fingerprint density at radius 1 is 0.547 bits per heavy atom. The largest absolute Gasteiger partial charge is 0.432 e. The van der Waals surface area contributed by atoms with Crippen LogP contribution in [0, 0.1) is 65.3 Å². The molecule has 6 rings (SSSR count). The smallest absolute Gasteiger partial charge is 0.429 e. The first kappa shape index (κ1) is 37.0. The Kier molecular flexibility index (Phi) is 9.54. The Balaban J connectivity index is 1.32. The van der Waals surface area contributed by atoms with Gasteiger partial charge in [0.25, 0.3) is 0 Å². The van der Waals surface area contributed by atoms with Gasteiger partial charge >= 0.3 is 6.11 Å². The predicted octanol–water partition coefficient (Wildman–Crippen LogP) is 12.4.